The SMILES string of the molecule is NC1CC2CCC(C1)N2Cc1ccc(Br)cc1. The predicted octanol–water partition coefficient (Wildman–Crippen LogP) is 2.90. The van der Waals surface area contributed by atoms with Crippen molar-refractivity contribution in [3.63, 3.8) is 0 Å². The summed E-state index contributed by atoms with van der Waals surface area (Å²) < 4.78 is 1.16. The van der Waals surface area contributed by atoms with Crippen molar-refractivity contribution in [2.24, 2.45) is 5.73 Å². The summed E-state index contributed by atoms with van der Waals surface area (Å²) in [6, 6.07) is 10.6. The lowest BCUT2D eigenvalue weighted by Crippen LogP contribution is -2.46. The normalized spacial score (nSPS) is 32.9. The van der Waals surface area contributed by atoms with Crippen molar-refractivity contribution in [1.29, 1.82) is 0 Å². The lowest BCUT2D eigenvalue weighted by atomic mass is 9.97. The molecule has 0 spiro atoms. The van der Waals surface area contributed by atoms with Gasteiger partial charge in [0.2, 0.25) is 0 Å². The van der Waals surface area contributed by atoms with Gasteiger partial charge in [0.15, 0.2) is 0 Å². The van der Waals surface area contributed by atoms with Gasteiger partial charge in [-0.1, -0.05) is 28.1 Å². The molecule has 0 aromatic heterocycles. The summed E-state index contributed by atoms with van der Waals surface area (Å²) in [7, 11) is 0. The number of hydrogen-bond donors (Lipinski definition) is 1. The summed E-state index contributed by atoms with van der Waals surface area (Å²) in [4.78, 5) is 2.67. The van der Waals surface area contributed by atoms with Crippen LogP contribution in [0.4, 0.5) is 0 Å². The molecular weight excluding hydrogens is 276 g/mol. The van der Waals surface area contributed by atoms with Crippen molar-refractivity contribution in [2.75, 3.05) is 0 Å². The van der Waals surface area contributed by atoms with Gasteiger partial charge in [0, 0.05) is 29.1 Å². The second kappa shape index (κ2) is 4.71. The number of halogens is 1. The van der Waals surface area contributed by atoms with Crippen molar-refractivity contribution >= 4 is 15.9 Å². The van der Waals surface area contributed by atoms with Crippen LogP contribution < -0.4 is 5.73 Å². The molecule has 0 radical (unpaired) electrons. The van der Waals surface area contributed by atoms with Crippen molar-refractivity contribution in [3.05, 3.63) is 34.3 Å². The average Bonchev–Trinajstić information content (AvgIpc) is 2.56. The van der Waals surface area contributed by atoms with Gasteiger partial charge in [0.25, 0.3) is 0 Å². The van der Waals surface area contributed by atoms with E-state index in [1.165, 1.54) is 31.2 Å². The molecule has 3 heteroatoms. The van der Waals surface area contributed by atoms with Crippen LogP contribution in [0.15, 0.2) is 28.7 Å². The van der Waals surface area contributed by atoms with Crippen molar-refractivity contribution < 1.29 is 0 Å². The summed E-state index contributed by atoms with van der Waals surface area (Å²) >= 11 is 3.48. The molecule has 2 saturated heterocycles. The Kier molecular flexibility index (Phi) is 3.24. The average molecular weight is 295 g/mol. The molecule has 2 atom stereocenters. The zero-order chi connectivity index (χ0) is 11.8. The van der Waals surface area contributed by atoms with Crippen LogP contribution in [0.25, 0.3) is 0 Å². The Labute approximate surface area is 111 Å². The first-order valence-corrected chi connectivity index (χ1v) is 7.27. The van der Waals surface area contributed by atoms with Gasteiger partial charge in [0.1, 0.15) is 0 Å². The molecule has 17 heavy (non-hydrogen) atoms. The van der Waals surface area contributed by atoms with Gasteiger partial charge < -0.3 is 5.73 Å². The number of nitrogens with two attached hydrogens (primary N) is 1. The molecule has 2 fully saturated rings. The smallest absolute Gasteiger partial charge is 0.0239 e. The fraction of sp³-hybridized carbons (Fsp3) is 0.571. The van der Waals surface area contributed by atoms with E-state index in [2.05, 4.69) is 45.1 Å². The topological polar surface area (TPSA) is 29.3 Å². The van der Waals surface area contributed by atoms with Gasteiger partial charge in [-0.05, 0) is 43.4 Å². The first kappa shape index (κ1) is 11.7. The molecule has 2 aliphatic heterocycles. The number of nitrogens with zero attached hydrogens (tertiary/aromatic N) is 1. The Morgan fingerprint density at radius 2 is 1.71 bits per heavy atom. The first-order chi connectivity index (χ1) is 8.22. The highest BCUT2D eigenvalue weighted by Gasteiger charge is 2.39. The third-order valence-corrected chi connectivity index (χ3v) is 4.73. The fourth-order valence-electron chi connectivity index (χ4n) is 3.38. The summed E-state index contributed by atoms with van der Waals surface area (Å²) in [5.41, 5.74) is 7.52. The van der Waals surface area contributed by atoms with E-state index >= 15 is 0 Å². The van der Waals surface area contributed by atoms with E-state index in [1.807, 2.05) is 0 Å². The highest BCUT2D eigenvalue weighted by molar-refractivity contribution is 9.10. The van der Waals surface area contributed by atoms with E-state index in [0.29, 0.717) is 6.04 Å². The minimum atomic E-state index is 0.439. The first-order valence-electron chi connectivity index (χ1n) is 6.48. The van der Waals surface area contributed by atoms with E-state index < -0.39 is 0 Å². The van der Waals surface area contributed by atoms with Gasteiger partial charge in [-0.3, -0.25) is 4.90 Å². The van der Waals surface area contributed by atoms with Gasteiger partial charge in [-0.25, -0.2) is 0 Å². The largest absolute Gasteiger partial charge is 0.328 e. The number of rotatable bonds is 2. The summed E-state index contributed by atoms with van der Waals surface area (Å²) in [5, 5.41) is 0. The molecule has 1 aromatic rings. The lowest BCUT2D eigenvalue weighted by Gasteiger charge is -2.37. The second-order valence-corrected chi connectivity index (χ2v) is 6.33. The van der Waals surface area contributed by atoms with Gasteiger partial charge in [0.05, 0.1) is 0 Å². The molecular formula is C14H19BrN2. The highest BCUT2D eigenvalue weighted by atomic mass is 79.9. The number of piperidine rings is 1. The minimum Gasteiger partial charge on any atom is -0.328 e. The molecule has 0 amide bonds. The molecule has 0 saturated carbocycles. The van der Waals surface area contributed by atoms with Gasteiger partial charge in [-0.2, -0.15) is 0 Å². The van der Waals surface area contributed by atoms with Gasteiger partial charge >= 0.3 is 0 Å². The fourth-order valence-corrected chi connectivity index (χ4v) is 3.64. The monoisotopic (exact) mass is 294 g/mol. The van der Waals surface area contributed by atoms with Crippen LogP contribution in [-0.2, 0) is 6.54 Å². The Bertz CT molecular complexity index is 376. The highest BCUT2D eigenvalue weighted by Crippen LogP contribution is 2.36. The molecule has 2 heterocycles. The molecule has 92 valence electrons. The molecule has 2 N–H and O–H groups in total. The Balaban J connectivity index is 1.72. The molecule has 3 rings (SSSR count). The summed E-state index contributed by atoms with van der Waals surface area (Å²) in [6.45, 7) is 1.09. The molecule has 2 bridgehead atoms. The third kappa shape index (κ3) is 2.42. The summed E-state index contributed by atoms with van der Waals surface area (Å²) in [5.74, 6) is 0. The maximum absolute atomic E-state index is 6.10. The van der Waals surface area contributed by atoms with Crippen LogP contribution in [0.2, 0.25) is 0 Å². The van der Waals surface area contributed by atoms with E-state index in [0.717, 1.165) is 23.1 Å². The maximum atomic E-state index is 6.10. The number of fused-ring (bicyclic) bond motifs is 2. The number of hydrogen-bond acceptors (Lipinski definition) is 2. The van der Waals surface area contributed by atoms with Crippen LogP contribution in [0.5, 0.6) is 0 Å². The zero-order valence-corrected chi connectivity index (χ0v) is 11.6. The molecule has 2 aliphatic rings. The van der Waals surface area contributed by atoms with Gasteiger partial charge in [-0.15, -0.1) is 0 Å². The third-order valence-electron chi connectivity index (χ3n) is 4.20. The van der Waals surface area contributed by atoms with Crippen molar-refractivity contribution in [1.82, 2.24) is 4.90 Å². The number of benzene rings is 1. The molecule has 0 aliphatic carbocycles. The predicted molar refractivity (Wildman–Crippen MR) is 73.7 cm³/mol. The van der Waals surface area contributed by atoms with E-state index in [-0.39, 0.29) is 0 Å². The van der Waals surface area contributed by atoms with Crippen LogP contribution >= 0.6 is 15.9 Å². The Morgan fingerprint density at radius 3 is 2.29 bits per heavy atom. The van der Waals surface area contributed by atoms with Crippen molar-refractivity contribution in [2.45, 2.75) is 50.4 Å². The van der Waals surface area contributed by atoms with Crippen molar-refractivity contribution in [3.8, 4) is 0 Å². The van der Waals surface area contributed by atoms with E-state index in [4.69, 9.17) is 5.73 Å². The van der Waals surface area contributed by atoms with Crippen LogP contribution in [0, 0.1) is 0 Å². The van der Waals surface area contributed by atoms with Crippen LogP contribution in [0.3, 0.4) is 0 Å². The molecule has 2 unspecified atom stereocenters. The van der Waals surface area contributed by atoms with E-state index in [1.54, 1.807) is 0 Å². The standard InChI is InChI=1S/C14H19BrN2/c15-11-3-1-10(2-4-11)9-17-13-5-6-14(17)8-12(16)7-13/h1-4,12-14H,5-9,16H2. The zero-order valence-electron chi connectivity index (χ0n) is 9.98. The molecule has 2 nitrogen and oxygen atoms in total. The molecule has 1 aromatic carbocycles. The Morgan fingerprint density at radius 1 is 1.12 bits per heavy atom. The lowest BCUT2D eigenvalue weighted by molar-refractivity contribution is 0.120. The maximum Gasteiger partial charge on any atom is 0.0239 e. The Hall–Kier alpha value is -0.380. The summed E-state index contributed by atoms with van der Waals surface area (Å²) in [6.07, 6.45) is 5.06. The minimum absolute atomic E-state index is 0.439. The quantitative estimate of drug-likeness (QED) is 0.909. The van der Waals surface area contributed by atoms with Crippen LogP contribution in [0.1, 0.15) is 31.2 Å². The van der Waals surface area contributed by atoms with E-state index in [9.17, 15) is 0 Å². The second-order valence-electron chi connectivity index (χ2n) is 5.42. The van der Waals surface area contributed by atoms with Crippen LogP contribution in [-0.4, -0.2) is 23.0 Å².